The fraction of sp³-hybridized carbons (Fsp3) is 1.00. The predicted molar refractivity (Wildman–Crippen MR) is 41.2 cm³/mol. The van der Waals surface area contributed by atoms with Crippen molar-refractivity contribution in [1.82, 2.24) is 0 Å². The molecular weight excluding hydrogens is 144 g/mol. The molecule has 0 aromatic carbocycles. The molecule has 1 heterocycles. The Balaban J connectivity index is 2.63. The summed E-state index contributed by atoms with van der Waals surface area (Å²) in [5.41, 5.74) is 0. The molecule has 1 saturated heterocycles. The van der Waals surface area contributed by atoms with E-state index in [2.05, 4.69) is 0 Å². The molecule has 5 atom stereocenters. The monoisotopic (exact) mass is 160 g/mol. The number of rotatable bonds is 0. The van der Waals surface area contributed by atoms with E-state index in [9.17, 15) is 10.2 Å². The highest BCUT2D eigenvalue weighted by Gasteiger charge is 2.37. The van der Waals surface area contributed by atoms with E-state index in [0.717, 1.165) is 0 Å². The van der Waals surface area contributed by atoms with Crippen LogP contribution in [-0.2, 0) is 4.74 Å². The summed E-state index contributed by atoms with van der Waals surface area (Å²) in [5.74, 6) is 0.0150. The highest BCUT2D eigenvalue weighted by Crippen LogP contribution is 2.24. The van der Waals surface area contributed by atoms with Gasteiger partial charge in [-0.05, 0) is 13.8 Å². The van der Waals surface area contributed by atoms with E-state index >= 15 is 0 Å². The maximum atomic E-state index is 9.46. The Morgan fingerprint density at radius 2 is 1.45 bits per heavy atom. The SMILES string of the molecule is CC1O[C@H](C)C(C)[C@@H](O)[C@@H]1O. The van der Waals surface area contributed by atoms with Gasteiger partial charge in [0, 0.05) is 5.92 Å². The third kappa shape index (κ3) is 1.55. The van der Waals surface area contributed by atoms with Crippen LogP contribution in [0, 0.1) is 5.92 Å². The minimum absolute atomic E-state index is 0.0150. The summed E-state index contributed by atoms with van der Waals surface area (Å²) in [4.78, 5) is 0. The molecule has 66 valence electrons. The Morgan fingerprint density at radius 1 is 0.909 bits per heavy atom. The van der Waals surface area contributed by atoms with Crippen molar-refractivity contribution in [2.45, 2.75) is 45.2 Å². The summed E-state index contributed by atoms with van der Waals surface area (Å²) in [6, 6.07) is 0. The summed E-state index contributed by atoms with van der Waals surface area (Å²) in [7, 11) is 0. The van der Waals surface area contributed by atoms with Gasteiger partial charge in [0.1, 0.15) is 6.10 Å². The average Bonchev–Trinajstić information content (AvgIpc) is 1.97. The predicted octanol–water partition coefficient (Wildman–Crippen LogP) is 0.152. The largest absolute Gasteiger partial charge is 0.390 e. The molecule has 0 aromatic heterocycles. The molecule has 2 unspecified atom stereocenters. The molecular formula is C8H16O3. The van der Waals surface area contributed by atoms with E-state index in [1.807, 2.05) is 13.8 Å². The lowest BCUT2D eigenvalue weighted by Crippen LogP contribution is -2.51. The second-order valence-corrected chi connectivity index (χ2v) is 3.39. The minimum Gasteiger partial charge on any atom is -0.390 e. The first-order valence-electron chi connectivity index (χ1n) is 4.05. The van der Waals surface area contributed by atoms with Crippen molar-refractivity contribution in [3.63, 3.8) is 0 Å². The molecule has 1 aliphatic heterocycles. The topological polar surface area (TPSA) is 49.7 Å². The smallest absolute Gasteiger partial charge is 0.106 e. The van der Waals surface area contributed by atoms with Crippen LogP contribution in [0.2, 0.25) is 0 Å². The molecule has 0 bridgehead atoms. The van der Waals surface area contributed by atoms with Crippen LogP contribution in [0.4, 0.5) is 0 Å². The van der Waals surface area contributed by atoms with Crippen LogP contribution in [0.1, 0.15) is 20.8 Å². The van der Waals surface area contributed by atoms with Crippen molar-refractivity contribution in [3.8, 4) is 0 Å². The van der Waals surface area contributed by atoms with Crippen LogP contribution < -0.4 is 0 Å². The molecule has 2 N–H and O–H groups in total. The first kappa shape index (κ1) is 8.97. The minimum atomic E-state index is -0.735. The van der Waals surface area contributed by atoms with Gasteiger partial charge in [-0.2, -0.15) is 0 Å². The van der Waals surface area contributed by atoms with Crippen molar-refractivity contribution < 1.29 is 14.9 Å². The lowest BCUT2D eigenvalue weighted by molar-refractivity contribution is -0.184. The Morgan fingerprint density at radius 3 is 2.00 bits per heavy atom. The standard InChI is InChI=1S/C8H16O3/c1-4-5(2)11-6(3)8(10)7(4)9/h4-10H,1-3H3/t4?,5-,6?,7-,8-/m1/s1. The number of hydrogen-bond acceptors (Lipinski definition) is 3. The van der Waals surface area contributed by atoms with E-state index in [1.54, 1.807) is 6.92 Å². The number of aliphatic hydroxyl groups is 2. The molecule has 0 aliphatic carbocycles. The summed E-state index contributed by atoms with van der Waals surface area (Å²) in [6.07, 6.45) is -1.60. The molecule has 0 aromatic rings. The highest BCUT2D eigenvalue weighted by molar-refractivity contribution is 4.86. The van der Waals surface area contributed by atoms with Gasteiger partial charge in [0.05, 0.1) is 18.3 Å². The molecule has 3 heteroatoms. The lowest BCUT2D eigenvalue weighted by Gasteiger charge is -2.38. The number of aliphatic hydroxyl groups excluding tert-OH is 2. The van der Waals surface area contributed by atoms with Crippen molar-refractivity contribution in [2.24, 2.45) is 5.92 Å². The normalized spacial score (nSPS) is 52.6. The molecule has 3 nitrogen and oxygen atoms in total. The van der Waals surface area contributed by atoms with Crippen LogP contribution in [-0.4, -0.2) is 34.6 Å². The molecule has 1 rings (SSSR count). The van der Waals surface area contributed by atoms with Gasteiger partial charge in [0.2, 0.25) is 0 Å². The number of ether oxygens (including phenoxy) is 1. The summed E-state index contributed by atoms with van der Waals surface area (Å²) in [5, 5.41) is 18.8. The van der Waals surface area contributed by atoms with Crippen molar-refractivity contribution in [1.29, 1.82) is 0 Å². The van der Waals surface area contributed by atoms with Gasteiger partial charge in [-0.25, -0.2) is 0 Å². The zero-order chi connectivity index (χ0) is 8.59. The number of hydrogen-bond donors (Lipinski definition) is 2. The maximum Gasteiger partial charge on any atom is 0.106 e. The van der Waals surface area contributed by atoms with Crippen molar-refractivity contribution in [2.75, 3.05) is 0 Å². The fourth-order valence-corrected chi connectivity index (χ4v) is 1.41. The molecule has 11 heavy (non-hydrogen) atoms. The van der Waals surface area contributed by atoms with Crippen LogP contribution in [0.15, 0.2) is 0 Å². The van der Waals surface area contributed by atoms with Gasteiger partial charge in [-0.3, -0.25) is 0 Å². The van der Waals surface area contributed by atoms with Crippen LogP contribution in [0.5, 0.6) is 0 Å². The molecule has 0 amide bonds. The molecule has 0 spiro atoms. The second-order valence-electron chi connectivity index (χ2n) is 3.39. The van der Waals surface area contributed by atoms with Crippen LogP contribution in [0.25, 0.3) is 0 Å². The average molecular weight is 160 g/mol. The third-order valence-electron chi connectivity index (χ3n) is 2.54. The summed E-state index contributed by atoms with van der Waals surface area (Å²) < 4.78 is 5.37. The Kier molecular flexibility index (Phi) is 2.52. The molecule has 1 aliphatic rings. The van der Waals surface area contributed by atoms with Crippen molar-refractivity contribution in [3.05, 3.63) is 0 Å². The Bertz CT molecular complexity index is 123. The van der Waals surface area contributed by atoms with E-state index in [1.165, 1.54) is 0 Å². The van der Waals surface area contributed by atoms with Crippen LogP contribution in [0.3, 0.4) is 0 Å². The first-order valence-corrected chi connectivity index (χ1v) is 4.05. The van der Waals surface area contributed by atoms with Gasteiger partial charge in [0.15, 0.2) is 0 Å². The van der Waals surface area contributed by atoms with Gasteiger partial charge in [-0.1, -0.05) is 6.92 Å². The van der Waals surface area contributed by atoms with E-state index in [-0.39, 0.29) is 18.1 Å². The van der Waals surface area contributed by atoms with E-state index in [0.29, 0.717) is 0 Å². The van der Waals surface area contributed by atoms with Crippen molar-refractivity contribution >= 4 is 0 Å². The summed E-state index contributed by atoms with van der Waals surface area (Å²) >= 11 is 0. The third-order valence-corrected chi connectivity index (χ3v) is 2.54. The van der Waals surface area contributed by atoms with Gasteiger partial charge in [0.25, 0.3) is 0 Å². The lowest BCUT2D eigenvalue weighted by atomic mass is 9.89. The molecule has 0 saturated carbocycles. The zero-order valence-corrected chi connectivity index (χ0v) is 7.19. The first-order chi connectivity index (χ1) is 5.04. The summed E-state index contributed by atoms with van der Waals surface area (Å²) in [6.45, 7) is 5.57. The van der Waals surface area contributed by atoms with Gasteiger partial charge >= 0.3 is 0 Å². The fourth-order valence-electron chi connectivity index (χ4n) is 1.41. The maximum absolute atomic E-state index is 9.46. The Labute approximate surface area is 67.0 Å². The van der Waals surface area contributed by atoms with Crippen LogP contribution >= 0.6 is 0 Å². The van der Waals surface area contributed by atoms with Gasteiger partial charge < -0.3 is 14.9 Å². The van der Waals surface area contributed by atoms with Gasteiger partial charge in [-0.15, -0.1) is 0 Å². The van der Waals surface area contributed by atoms with E-state index in [4.69, 9.17) is 4.74 Å². The Hall–Kier alpha value is -0.120. The molecule has 0 radical (unpaired) electrons. The second kappa shape index (κ2) is 3.09. The zero-order valence-electron chi connectivity index (χ0n) is 7.19. The molecule has 1 fully saturated rings. The van der Waals surface area contributed by atoms with E-state index < -0.39 is 12.2 Å². The quantitative estimate of drug-likeness (QED) is 0.530. The highest BCUT2D eigenvalue weighted by atomic mass is 16.5.